The molecule has 25 heavy (non-hydrogen) atoms. The number of aryl methyl sites for hydroxylation is 1. The van der Waals surface area contributed by atoms with Crippen LogP contribution in [0.5, 0.6) is 0 Å². The second-order valence-corrected chi connectivity index (χ2v) is 9.27. The van der Waals surface area contributed by atoms with Crippen molar-refractivity contribution >= 4 is 33.6 Å². The van der Waals surface area contributed by atoms with E-state index in [1.165, 1.54) is 0 Å². The largest absolute Gasteiger partial charge is 0.444 e. The molecule has 0 spiro atoms. The number of alkyl carbamates (subject to hydrolysis) is 1. The molecule has 0 bridgehead atoms. The molecule has 0 aromatic heterocycles. The van der Waals surface area contributed by atoms with Crippen LogP contribution in [0.3, 0.4) is 0 Å². The van der Waals surface area contributed by atoms with Gasteiger partial charge in [-0.3, -0.25) is 4.79 Å². The molecule has 0 aliphatic rings. The summed E-state index contributed by atoms with van der Waals surface area (Å²) in [5.74, 6) is -0.262. The van der Waals surface area contributed by atoms with Gasteiger partial charge in [-0.15, -0.1) is 0 Å². The third-order valence-corrected chi connectivity index (χ3v) is 4.14. The number of ether oxygens (including phenoxy) is 1. The monoisotopic (exact) mass is 412 g/mol. The highest BCUT2D eigenvalue weighted by Gasteiger charge is 2.28. The Kier molecular flexibility index (Phi) is 7.06. The molecule has 1 aromatic rings. The summed E-state index contributed by atoms with van der Waals surface area (Å²) >= 11 is 3.44. The number of hydrogen-bond donors (Lipinski definition) is 2. The van der Waals surface area contributed by atoms with Crippen LogP contribution in [0.4, 0.5) is 10.5 Å². The Morgan fingerprint density at radius 2 is 1.76 bits per heavy atom. The van der Waals surface area contributed by atoms with Gasteiger partial charge in [-0.25, -0.2) is 4.79 Å². The van der Waals surface area contributed by atoms with Gasteiger partial charge in [0, 0.05) is 10.2 Å². The van der Waals surface area contributed by atoms with Gasteiger partial charge in [0.25, 0.3) is 0 Å². The number of hydrogen-bond acceptors (Lipinski definition) is 3. The zero-order valence-electron chi connectivity index (χ0n) is 16.1. The minimum Gasteiger partial charge on any atom is -0.444 e. The molecule has 140 valence electrons. The van der Waals surface area contributed by atoms with Crippen molar-refractivity contribution in [3.8, 4) is 0 Å². The van der Waals surface area contributed by atoms with Gasteiger partial charge in [0.2, 0.25) is 5.91 Å². The van der Waals surface area contributed by atoms with Gasteiger partial charge in [0.1, 0.15) is 11.6 Å². The first-order valence-corrected chi connectivity index (χ1v) is 9.13. The SMILES string of the molecule is Cc1cc(NC(=O)[C@@H](CC(C)(C)C)NC(=O)OC(C)(C)C)ccc1Br. The maximum Gasteiger partial charge on any atom is 0.408 e. The third-order valence-electron chi connectivity index (χ3n) is 3.25. The zero-order valence-corrected chi connectivity index (χ0v) is 17.7. The molecule has 0 heterocycles. The van der Waals surface area contributed by atoms with Crippen molar-refractivity contribution in [2.45, 2.75) is 66.5 Å². The van der Waals surface area contributed by atoms with E-state index in [0.717, 1.165) is 10.0 Å². The van der Waals surface area contributed by atoms with Gasteiger partial charge in [-0.1, -0.05) is 36.7 Å². The van der Waals surface area contributed by atoms with Crippen LogP contribution in [-0.4, -0.2) is 23.6 Å². The van der Waals surface area contributed by atoms with Crippen LogP contribution >= 0.6 is 15.9 Å². The molecule has 1 atom stereocenters. The van der Waals surface area contributed by atoms with E-state index in [1.54, 1.807) is 20.8 Å². The summed E-state index contributed by atoms with van der Waals surface area (Å²) in [5.41, 5.74) is 0.961. The summed E-state index contributed by atoms with van der Waals surface area (Å²) in [6, 6.07) is 4.89. The van der Waals surface area contributed by atoms with Crippen LogP contribution in [0.25, 0.3) is 0 Å². The highest BCUT2D eigenvalue weighted by Crippen LogP contribution is 2.23. The van der Waals surface area contributed by atoms with E-state index in [1.807, 2.05) is 45.9 Å². The molecule has 5 nitrogen and oxygen atoms in total. The lowest BCUT2D eigenvalue weighted by Gasteiger charge is -2.27. The fourth-order valence-electron chi connectivity index (χ4n) is 2.22. The van der Waals surface area contributed by atoms with Crippen molar-refractivity contribution in [3.05, 3.63) is 28.2 Å². The summed E-state index contributed by atoms with van der Waals surface area (Å²) in [6.45, 7) is 13.4. The van der Waals surface area contributed by atoms with E-state index in [0.29, 0.717) is 12.1 Å². The van der Waals surface area contributed by atoms with Gasteiger partial charge in [0.15, 0.2) is 0 Å². The number of carbonyl (C=O) groups is 2. The van der Waals surface area contributed by atoms with Crippen LogP contribution in [0.1, 0.15) is 53.5 Å². The van der Waals surface area contributed by atoms with Gasteiger partial charge in [-0.05, 0) is 63.3 Å². The number of rotatable bonds is 4. The molecular formula is C19H29BrN2O3. The van der Waals surface area contributed by atoms with Crippen LogP contribution in [0.15, 0.2) is 22.7 Å². The molecule has 0 saturated carbocycles. The Bertz CT molecular complexity index is 631. The summed E-state index contributed by atoms with van der Waals surface area (Å²) in [6.07, 6.45) is -0.1000. The minimum absolute atomic E-state index is 0.132. The molecule has 2 amide bonds. The number of amides is 2. The van der Waals surface area contributed by atoms with E-state index in [4.69, 9.17) is 4.74 Å². The first-order chi connectivity index (χ1) is 11.3. The van der Waals surface area contributed by atoms with Gasteiger partial charge in [0.05, 0.1) is 0 Å². The number of halogens is 1. The Morgan fingerprint density at radius 1 is 1.16 bits per heavy atom. The lowest BCUT2D eigenvalue weighted by atomic mass is 9.88. The van der Waals surface area contributed by atoms with Crippen molar-refractivity contribution in [1.82, 2.24) is 5.32 Å². The summed E-state index contributed by atoms with van der Waals surface area (Å²) in [7, 11) is 0. The quantitative estimate of drug-likeness (QED) is 0.728. The molecule has 2 N–H and O–H groups in total. The predicted molar refractivity (Wildman–Crippen MR) is 105 cm³/mol. The van der Waals surface area contributed by atoms with Crippen molar-refractivity contribution < 1.29 is 14.3 Å². The summed E-state index contributed by atoms with van der Waals surface area (Å²) in [5, 5.41) is 5.56. The summed E-state index contributed by atoms with van der Waals surface area (Å²) in [4.78, 5) is 24.8. The van der Waals surface area contributed by atoms with Crippen LogP contribution in [-0.2, 0) is 9.53 Å². The van der Waals surface area contributed by atoms with E-state index >= 15 is 0 Å². The molecule has 0 unspecified atom stereocenters. The van der Waals surface area contributed by atoms with Gasteiger partial charge < -0.3 is 15.4 Å². The predicted octanol–water partition coefficient (Wildman–Crippen LogP) is 5.03. The molecule has 0 aliphatic heterocycles. The fraction of sp³-hybridized carbons (Fsp3) is 0.579. The lowest BCUT2D eigenvalue weighted by Crippen LogP contribution is -2.47. The maximum atomic E-state index is 12.7. The Labute approximate surface area is 159 Å². The Hall–Kier alpha value is -1.56. The van der Waals surface area contributed by atoms with E-state index in [-0.39, 0.29) is 11.3 Å². The maximum absolute atomic E-state index is 12.7. The van der Waals surface area contributed by atoms with Crippen LogP contribution in [0.2, 0.25) is 0 Å². The first-order valence-electron chi connectivity index (χ1n) is 8.33. The highest BCUT2D eigenvalue weighted by atomic mass is 79.9. The van der Waals surface area contributed by atoms with Gasteiger partial charge >= 0.3 is 6.09 Å². The van der Waals surface area contributed by atoms with Crippen molar-refractivity contribution in [2.75, 3.05) is 5.32 Å². The minimum atomic E-state index is -0.682. The molecule has 1 aromatic carbocycles. The van der Waals surface area contributed by atoms with E-state index in [9.17, 15) is 9.59 Å². The average molecular weight is 413 g/mol. The zero-order chi connectivity index (χ0) is 19.4. The normalized spacial score (nSPS) is 13.1. The average Bonchev–Trinajstić information content (AvgIpc) is 2.38. The molecular weight excluding hydrogens is 384 g/mol. The molecule has 6 heteroatoms. The fourth-order valence-corrected chi connectivity index (χ4v) is 2.47. The van der Waals surface area contributed by atoms with Crippen LogP contribution < -0.4 is 10.6 Å². The van der Waals surface area contributed by atoms with Crippen molar-refractivity contribution in [3.63, 3.8) is 0 Å². The standard InChI is InChI=1S/C19H29BrN2O3/c1-12-10-13(8-9-14(12)20)21-16(23)15(11-18(2,3)4)22-17(24)25-19(5,6)7/h8-10,15H,11H2,1-7H3,(H,21,23)(H,22,24)/t15-/m1/s1. The smallest absolute Gasteiger partial charge is 0.408 e. The second-order valence-electron chi connectivity index (χ2n) is 8.42. The highest BCUT2D eigenvalue weighted by molar-refractivity contribution is 9.10. The van der Waals surface area contributed by atoms with Gasteiger partial charge in [-0.2, -0.15) is 0 Å². The Morgan fingerprint density at radius 3 is 2.24 bits per heavy atom. The lowest BCUT2D eigenvalue weighted by molar-refractivity contribution is -0.118. The molecule has 0 fully saturated rings. The first kappa shape index (κ1) is 21.5. The Balaban J connectivity index is 2.88. The summed E-state index contributed by atoms with van der Waals surface area (Å²) < 4.78 is 6.26. The number of anilines is 1. The molecule has 0 radical (unpaired) electrons. The van der Waals surface area contributed by atoms with Crippen molar-refractivity contribution in [1.29, 1.82) is 0 Å². The molecule has 0 saturated heterocycles. The second kappa shape index (κ2) is 8.21. The molecule has 0 aliphatic carbocycles. The third kappa shape index (κ3) is 8.38. The topological polar surface area (TPSA) is 67.4 Å². The van der Waals surface area contributed by atoms with Crippen LogP contribution in [0, 0.1) is 12.3 Å². The number of nitrogens with one attached hydrogen (secondary N) is 2. The number of benzene rings is 1. The van der Waals surface area contributed by atoms with Crippen molar-refractivity contribution in [2.24, 2.45) is 5.41 Å². The number of carbonyl (C=O) groups excluding carboxylic acids is 2. The molecule has 1 rings (SSSR count). The van der Waals surface area contributed by atoms with E-state index in [2.05, 4.69) is 26.6 Å². The van der Waals surface area contributed by atoms with E-state index < -0.39 is 17.7 Å².